The van der Waals surface area contributed by atoms with Gasteiger partial charge in [-0.3, -0.25) is 19.8 Å². The van der Waals surface area contributed by atoms with Gasteiger partial charge in [-0.25, -0.2) is 0 Å². The SMILES string of the molecule is CC.O=c1nc(N2CCN(CC3CCCCC3)CC2)sc2c([N+](=O)[O-])c(O)c(C(F)(F)F)cc12. The molecule has 1 aromatic heterocycles. The Bertz CT molecular complexity index is 1080. The van der Waals surface area contributed by atoms with Crippen LogP contribution >= 0.6 is 11.3 Å². The minimum Gasteiger partial charge on any atom is -0.502 e. The van der Waals surface area contributed by atoms with Crippen molar-refractivity contribution < 1.29 is 23.2 Å². The Morgan fingerprint density at radius 1 is 1.18 bits per heavy atom. The lowest BCUT2D eigenvalue weighted by Crippen LogP contribution is -2.48. The lowest BCUT2D eigenvalue weighted by Gasteiger charge is -2.37. The zero-order valence-corrected chi connectivity index (χ0v) is 20.0. The number of aromatic hydroxyl groups is 1. The molecule has 1 aliphatic carbocycles. The van der Waals surface area contributed by atoms with Gasteiger partial charge in [0.15, 0.2) is 5.13 Å². The largest absolute Gasteiger partial charge is 0.502 e. The summed E-state index contributed by atoms with van der Waals surface area (Å²) in [5, 5.41) is 21.2. The number of phenolic OH excluding ortho intramolecular Hbond substituents is 1. The molecular formula is C22H29F3N4O4S. The van der Waals surface area contributed by atoms with Crippen LogP contribution in [0.15, 0.2) is 10.9 Å². The lowest BCUT2D eigenvalue weighted by atomic mass is 9.89. The van der Waals surface area contributed by atoms with E-state index in [1.54, 1.807) is 0 Å². The minimum atomic E-state index is -5.05. The van der Waals surface area contributed by atoms with Gasteiger partial charge in [0.25, 0.3) is 5.56 Å². The van der Waals surface area contributed by atoms with Gasteiger partial charge in [-0.15, -0.1) is 0 Å². The maximum Gasteiger partial charge on any atom is 0.420 e. The number of nitro groups is 1. The predicted molar refractivity (Wildman–Crippen MR) is 126 cm³/mol. The number of halogens is 3. The molecule has 1 saturated heterocycles. The Morgan fingerprint density at radius 2 is 1.79 bits per heavy atom. The van der Waals surface area contributed by atoms with Crippen LogP contribution in [-0.4, -0.2) is 52.6 Å². The smallest absolute Gasteiger partial charge is 0.420 e. The normalized spacial score (nSPS) is 18.0. The molecule has 1 saturated carbocycles. The molecule has 12 heteroatoms. The Morgan fingerprint density at radius 3 is 2.35 bits per heavy atom. The van der Waals surface area contributed by atoms with E-state index in [1.807, 2.05) is 18.7 Å². The highest BCUT2D eigenvalue weighted by Gasteiger charge is 2.39. The molecule has 0 unspecified atom stereocenters. The number of nitro benzene ring substituents is 1. The van der Waals surface area contributed by atoms with Crippen molar-refractivity contribution in [1.82, 2.24) is 9.88 Å². The third-order valence-electron chi connectivity index (χ3n) is 6.22. The summed E-state index contributed by atoms with van der Waals surface area (Å²) in [6.45, 7) is 7.63. The van der Waals surface area contributed by atoms with Gasteiger partial charge in [0.05, 0.1) is 10.3 Å². The van der Waals surface area contributed by atoms with E-state index in [9.17, 15) is 33.2 Å². The summed E-state index contributed by atoms with van der Waals surface area (Å²) in [6.07, 6.45) is 1.25. The van der Waals surface area contributed by atoms with Crippen molar-refractivity contribution in [2.45, 2.75) is 52.1 Å². The van der Waals surface area contributed by atoms with Crippen molar-refractivity contribution in [2.75, 3.05) is 37.6 Å². The third kappa shape index (κ3) is 5.60. The number of hydrogen-bond acceptors (Lipinski definition) is 8. The van der Waals surface area contributed by atoms with E-state index in [0.29, 0.717) is 25.1 Å². The summed E-state index contributed by atoms with van der Waals surface area (Å²) in [5.41, 5.74) is -3.71. The van der Waals surface area contributed by atoms with Gasteiger partial charge in [-0.05, 0) is 24.8 Å². The number of alkyl halides is 3. The average molecular weight is 503 g/mol. The van der Waals surface area contributed by atoms with E-state index >= 15 is 0 Å². The van der Waals surface area contributed by atoms with Gasteiger partial charge in [0.1, 0.15) is 10.3 Å². The number of anilines is 1. The molecule has 0 bridgehead atoms. The first-order chi connectivity index (χ1) is 16.1. The van der Waals surface area contributed by atoms with Crippen molar-refractivity contribution in [3.63, 3.8) is 0 Å². The molecule has 2 heterocycles. The lowest BCUT2D eigenvalue weighted by molar-refractivity contribution is -0.384. The quantitative estimate of drug-likeness (QED) is 0.463. The maximum atomic E-state index is 13.2. The summed E-state index contributed by atoms with van der Waals surface area (Å²) >= 11 is 0.760. The summed E-state index contributed by atoms with van der Waals surface area (Å²) in [4.78, 5) is 31.0. The Balaban J connectivity index is 0.00000158. The van der Waals surface area contributed by atoms with Gasteiger partial charge in [-0.2, -0.15) is 18.2 Å². The van der Waals surface area contributed by atoms with Crippen LogP contribution in [0.5, 0.6) is 5.75 Å². The molecule has 0 spiro atoms. The average Bonchev–Trinajstić information content (AvgIpc) is 2.80. The van der Waals surface area contributed by atoms with E-state index in [0.717, 1.165) is 31.0 Å². The first-order valence-electron chi connectivity index (χ1n) is 11.5. The molecule has 1 aliphatic heterocycles. The number of aromatic nitrogens is 1. The van der Waals surface area contributed by atoms with Gasteiger partial charge in [0, 0.05) is 32.7 Å². The van der Waals surface area contributed by atoms with Crippen LogP contribution in [0, 0.1) is 16.0 Å². The van der Waals surface area contributed by atoms with Crippen molar-refractivity contribution >= 4 is 32.2 Å². The van der Waals surface area contributed by atoms with Crippen molar-refractivity contribution in [3.05, 3.63) is 32.1 Å². The van der Waals surface area contributed by atoms with E-state index in [4.69, 9.17) is 0 Å². The summed E-state index contributed by atoms with van der Waals surface area (Å²) in [5.74, 6) is -0.793. The first-order valence-corrected chi connectivity index (χ1v) is 12.4. The van der Waals surface area contributed by atoms with Crippen LogP contribution in [0.3, 0.4) is 0 Å². The van der Waals surface area contributed by atoms with Crippen LogP contribution in [0.2, 0.25) is 0 Å². The molecule has 1 aromatic carbocycles. The molecule has 34 heavy (non-hydrogen) atoms. The Hall–Kier alpha value is -2.47. The minimum absolute atomic E-state index is 0.210. The molecule has 2 aromatic rings. The molecule has 188 valence electrons. The topological polar surface area (TPSA) is 99.8 Å². The van der Waals surface area contributed by atoms with Crippen molar-refractivity contribution in [1.29, 1.82) is 0 Å². The molecule has 4 rings (SSSR count). The van der Waals surface area contributed by atoms with Gasteiger partial charge < -0.3 is 10.0 Å². The predicted octanol–water partition coefficient (Wildman–Crippen LogP) is 5.02. The summed E-state index contributed by atoms with van der Waals surface area (Å²) < 4.78 is 39.3. The second-order valence-electron chi connectivity index (χ2n) is 8.35. The van der Waals surface area contributed by atoms with Crippen LogP contribution < -0.4 is 10.5 Å². The van der Waals surface area contributed by atoms with Crippen molar-refractivity contribution in [3.8, 4) is 5.75 Å². The second kappa shape index (κ2) is 10.9. The summed E-state index contributed by atoms with van der Waals surface area (Å²) in [7, 11) is 0. The van der Waals surface area contributed by atoms with Crippen LogP contribution in [0.4, 0.5) is 24.0 Å². The number of hydrogen-bond donors (Lipinski definition) is 1. The fourth-order valence-corrected chi connectivity index (χ4v) is 5.69. The van der Waals surface area contributed by atoms with E-state index in [2.05, 4.69) is 9.88 Å². The second-order valence-corrected chi connectivity index (χ2v) is 9.32. The number of nitrogens with zero attached hydrogens (tertiary/aromatic N) is 4. The molecule has 0 atom stereocenters. The van der Waals surface area contributed by atoms with Crippen LogP contribution in [0.1, 0.15) is 51.5 Å². The highest BCUT2D eigenvalue weighted by Crippen LogP contribution is 2.46. The zero-order valence-electron chi connectivity index (χ0n) is 19.2. The number of rotatable bonds is 4. The van der Waals surface area contributed by atoms with E-state index in [1.165, 1.54) is 32.1 Å². The fourth-order valence-electron chi connectivity index (χ4n) is 4.54. The number of piperazine rings is 1. The van der Waals surface area contributed by atoms with Crippen LogP contribution in [-0.2, 0) is 6.18 Å². The first kappa shape index (κ1) is 26.1. The molecule has 0 amide bonds. The molecule has 0 radical (unpaired) electrons. The summed E-state index contributed by atoms with van der Waals surface area (Å²) in [6, 6.07) is 0.440. The standard InChI is InChI=1S/C20H23F3N4O4S.C2H6/c21-20(22,23)14-10-13-17(15(16(14)28)27(30)31)32-19(24-18(13)29)26-8-6-25(7-9-26)11-12-4-2-1-3-5-12;1-2/h10,12,28H,1-9,11H2;1-2H3. The fraction of sp³-hybridized carbons (Fsp3) is 0.636. The molecule has 2 aliphatic rings. The molecule has 2 fully saturated rings. The van der Waals surface area contributed by atoms with Crippen molar-refractivity contribution in [2.24, 2.45) is 5.92 Å². The van der Waals surface area contributed by atoms with Gasteiger partial charge >= 0.3 is 11.9 Å². The van der Waals surface area contributed by atoms with E-state index < -0.39 is 39.0 Å². The highest BCUT2D eigenvalue weighted by atomic mass is 32.1. The Kier molecular flexibility index (Phi) is 8.34. The third-order valence-corrected chi connectivity index (χ3v) is 7.37. The maximum absolute atomic E-state index is 13.2. The molecule has 1 N–H and O–H groups in total. The zero-order chi connectivity index (χ0) is 25.0. The molecule has 8 nitrogen and oxygen atoms in total. The van der Waals surface area contributed by atoms with Gasteiger partial charge in [0.2, 0.25) is 5.75 Å². The Labute approximate surface area is 199 Å². The molecular weight excluding hydrogens is 473 g/mol. The van der Waals surface area contributed by atoms with Crippen LogP contribution in [0.25, 0.3) is 10.1 Å². The number of benzene rings is 1. The van der Waals surface area contributed by atoms with Gasteiger partial charge in [-0.1, -0.05) is 44.4 Å². The number of fused-ring (bicyclic) bond motifs is 1. The number of phenols is 1. The monoisotopic (exact) mass is 502 g/mol. The highest BCUT2D eigenvalue weighted by molar-refractivity contribution is 7.22. The van der Waals surface area contributed by atoms with E-state index in [-0.39, 0.29) is 9.83 Å².